The summed E-state index contributed by atoms with van der Waals surface area (Å²) in [6, 6.07) is 0. The lowest BCUT2D eigenvalue weighted by atomic mass is 10.2. The Morgan fingerprint density at radius 2 is 2.00 bits per heavy atom. The first kappa shape index (κ1) is 9.70. The number of allylic oxidation sites excluding steroid dienone is 1. The van der Waals surface area contributed by atoms with Crippen LogP contribution in [0.3, 0.4) is 0 Å². The van der Waals surface area contributed by atoms with Gasteiger partial charge in [0, 0.05) is 13.1 Å². The van der Waals surface area contributed by atoms with Gasteiger partial charge in [-0.25, -0.2) is 0 Å². The van der Waals surface area contributed by atoms with Crippen molar-refractivity contribution in [1.82, 2.24) is 4.90 Å². The first-order valence-electron chi connectivity index (χ1n) is 3.96. The maximum Gasteiger partial charge on any atom is 0.0160 e. The second-order valence-corrected chi connectivity index (χ2v) is 3.18. The molecule has 0 saturated heterocycles. The van der Waals surface area contributed by atoms with E-state index in [4.69, 9.17) is 0 Å². The van der Waals surface area contributed by atoms with Gasteiger partial charge in [0.15, 0.2) is 0 Å². The Kier molecular flexibility index (Phi) is 5.32. The minimum atomic E-state index is 0.773. The van der Waals surface area contributed by atoms with E-state index in [9.17, 15) is 0 Å². The Morgan fingerprint density at radius 1 is 1.40 bits per heavy atom. The first-order valence-corrected chi connectivity index (χ1v) is 3.96. The normalized spacial score (nSPS) is 12.2. The molecule has 1 heteroatoms. The molecule has 0 saturated carbocycles. The summed E-state index contributed by atoms with van der Waals surface area (Å²) in [5.74, 6) is 0.773. The van der Waals surface area contributed by atoms with Crippen molar-refractivity contribution in [2.75, 3.05) is 20.1 Å². The predicted molar refractivity (Wildman–Crippen MR) is 47.1 cm³/mol. The molecule has 0 heterocycles. The fourth-order valence-corrected chi connectivity index (χ4v) is 0.983. The molecular formula is C9H19N. The molecule has 0 aliphatic carbocycles. The molecule has 60 valence electrons. The lowest BCUT2D eigenvalue weighted by molar-refractivity contribution is 0.324. The van der Waals surface area contributed by atoms with Crippen LogP contribution in [0.15, 0.2) is 12.2 Å². The summed E-state index contributed by atoms with van der Waals surface area (Å²) >= 11 is 0. The van der Waals surface area contributed by atoms with E-state index in [0.29, 0.717) is 0 Å². The van der Waals surface area contributed by atoms with Crippen molar-refractivity contribution in [1.29, 1.82) is 0 Å². The lowest BCUT2D eigenvalue weighted by Crippen LogP contribution is -2.23. The molecule has 0 fully saturated rings. The molecule has 1 nitrogen and oxygen atoms in total. The fourth-order valence-electron chi connectivity index (χ4n) is 0.983. The van der Waals surface area contributed by atoms with E-state index in [1.165, 1.54) is 6.54 Å². The Balaban J connectivity index is 3.33. The fraction of sp³-hybridized carbons (Fsp3) is 0.778. The highest BCUT2D eigenvalue weighted by Gasteiger charge is 1.97. The molecule has 0 radical (unpaired) electrons. The van der Waals surface area contributed by atoms with Gasteiger partial charge in [-0.15, -0.1) is 0 Å². The van der Waals surface area contributed by atoms with Gasteiger partial charge in [0.05, 0.1) is 0 Å². The molecule has 0 aliphatic heterocycles. The molecule has 0 bridgehead atoms. The second kappa shape index (κ2) is 5.48. The van der Waals surface area contributed by atoms with Crippen molar-refractivity contribution in [3.8, 4) is 0 Å². The minimum Gasteiger partial charge on any atom is -0.302 e. The smallest absolute Gasteiger partial charge is 0.0160 e. The molecule has 10 heavy (non-hydrogen) atoms. The van der Waals surface area contributed by atoms with E-state index in [1.54, 1.807) is 0 Å². The lowest BCUT2D eigenvalue weighted by Gasteiger charge is -2.16. The van der Waals surface area contributed by atoms with E-state index in [0.717, 1.165) is 12.5 Å². The minimum absolute atomic E-state index is 0.773. The molecular weight excluding hydrogens is 122 g/mol. The van der Waals surface area contributed by atoms with Crippen LogP contribution in [-0.2, 0) is 0 Å². The molecule has 0 aromatic carbocycles. The Morgan fingerprint density at radius 3 is 2.40 bits per heavy atom. The van der Waals surface area contributed by atoms with E-state index in [-0.39, 0.29) is 0 Å². The largest absolute Gasteiger partial charge is 0.302 e. The highest BCUT2D eigenvalue weighted by molar-refractivity contribution is 4.80. The topological polar surface area (TPSA) is 3.24 Å². The van der Waals surface area contributed by atoms with Crippen molar-refractivity contribution in [2.24, 2.45) is 5.92 Å². The van der Waals surface area contributed by atoms with Gasteiger partial charge < -0.3 is 4.90 Å². The van der Waals surface area contributed by atoms with Crippen LogP contribution in [0, 0.1) is 5.92 Å². The van der Waals surface area contributed by atoms with Crippen LogP contribution in [0.4, 0.5) is 0 Å². The predicted octanol–water partition coefficient (Wildman–Crippen LogP) is 2.15. The highest BCUT2D eigenvalue weighted by Crippen LogP contribution is 1.94. The van der Waals surface area contributed by atoms with E-state index in [1.807, 2.05) is 0 Å². The third-order valence-electron chi connectivity index (χ3n) is 1.33. The number of hydrogen-bond acceptors (Lipinski definition) is 1. The SMILES string of the molecule is C/C=C/CN(C)CC(C)C. The van der Waals surface area contributed by atoms with Gasteiger partial charge in [0.1, 0.15) is 0 Å². The summed E-state index contributed by atoms with van der Waals surface area (Å²) in [5, 5.41) is 0. The summed E-state index contributed by atoms with van der Waals surface area (Å²) in [6.45, 7) is 8.81. The summed E-state index contributed by atoms with van der Waals surface area (Å²) in [6.07, 6.45) is 4.28. The van der Waals surface area contributed by atoms with Crippen LogP contribution in [0.1, 0.15) is 20.8 Å². The zero-order valence-corrected chi connectivity index (χ0v) is 7.59. The van der Waals surface area contributed by atoms with Crippen molar-refractivity contribution in [2.45, 2.75) is 20.8 Å². The van der Waals surface area contributed by atoms with Crippen LogP contribution in [0.25, 0.3) is 0 Å². The summed E-state index contributed by atoms with van der Waals surface area (Å²) < 4.78 is 0. The van der Waals surface area contributed by atoms with Gasteiger partial charge >= 0.3 is 0 Å². The average Bonchev–Trinajstić information content (AvgIpc) is 1.82. The molecule has 0 amide bonds. The van der Waals surface area contributed by atoms with E-state index < -0.39 is 0 Å². The molecule has 0 aromatic heterocycles. The standard InChI is InChI=1S/C9H19N/c1-5-6-7-10(4)8-9(2)3/h5-6,9H,7-8H2,1-4H3/b6-5+. The monoisotopic (exact) mass is 141 g/mol. The summed E-state index contributed by atoms with van der Waals surface area (Å²) in [7, 11) is 2.15. The number of hydrogen-bond donors (Lipinski definition) is 0. The number of nitrogens with zero attached hydrogens (tertiary/aromatic N) is 1. The maximum absolute atomic E-state index is 2.32. The van der Waals surface area contributed by atoms with Crippen LogP contribution in [0.5, 0.6) is 0 Å². The zero-order chi connectivity index (χ0) is 7.98. The molecule has 0 rings (SSSR count). The molecule has 0 aromatic rings. The van der Waals surface area contributed by atoms with Gasteiger partial charge in [0.25, 0.3) is 0 Å². The van der Waals surface area contributed by atoms with E-state index in [2.05, 4.69) is 44.9 Å². The van der Waals surface area contributed by atoms with Gasteiger partial charge in [-0.05, 0) is 19.9 Å². The van der Waals surface area contributed by atoms with Crippen molar-refractivity contribution in [3.05, 3.63) is 12.2 Å². The molecule has 0 N–H and O–H groups in total. The highest BCUT2D eigenvalue weighted by atomic mass is 15.1. The maximum atomic E-state index is 2.32. The van der Waals surface area contributed by atoms with Crippen molar-refractivity contribution in [3.63, 3.8) is 0 Å². The van der Waals surface area contributed by atoms with Crippen LogP contribution < -0.4 is 0 Å². The number of rotatable bonds is 4. The summed E-state index contributed by atoms with van der Waals surface area (Å²) in [4.78, 5) is 2.32. The quantitative estimate of drug-likeness (QED) is 0.542. The van der Waals surface area contributed by atoms with Gasteiger partial charge in [-0.3, -0.25) is 0 Å². The molecule has 0 atom stereocenters. The van der Waals surface area contributed by atoms with E-state index >= 15 is 0 Å². The summed E-state index contributed by atoms with van der Waals surface area (Å²) in [5.41, 5.74) is 0. The van der Waals surface area contributed by atoms with Crippen molar-refractivity contribution >= 4 is 0 Å². The Bertz CT molecular complexity index is 94.9. The van der Waals surface area contributed by atoms with Crippen LogP contribution >= 0.6 is 0 Å². The van der Waals surface area contributed by atoms with Gasteiger partial charge in [-0.1, -0.05) is 26.0 Å². The third kappa shape index (κ3) is 5.83. The third-order valence-corrected chi connectivity index (χ3v) is 1.33. The first-order chi connectivity index (χ1) is 4.66. The molecule has 0 aliphatic rings. The van der Waals surface area contributed by atoms with Crippen LogP contribution in [-0.4, -0.2) is 25.0 Å². The van der Waals surface area contributed by atoms with Crippen molar-refractivity contribution < 1.29 is 0 Å². The van der Waals surface area contributed by atoms with Gasteiger partial charge in [0.2, 0.25) is 0 Å². The zero-order valence-electron chi connectivity index (χ0n) is 7.59. The van der Waals surface area contributed by atoms with Crippen LogP contribution in [0.2, 0.25) is 0 Å². The van der Waals surface area contributed by atoms with Gasteiger partial charge in [-0.2, -0.15) is 0 Å². The average molecular weight is 141 g/mol. The molecule has 0 spiro atoms. The Hall–Kier alpha value is -0.300. The number of likely N-dealkylation sites (N-methyl/N-ethyl adjacent to an activating group) is 1. The molecule has 0 unspecified atom stereocenters. The Labute approximate surface area is 64.7 Å². The second-order valence-electron chi connectivity index (χ2n) is 3.18.